The summed E-state index contributed by atoms with van der Waals surface area (Å²) < 4.78 is 0. The fraction of sp³-hybridized carbons (Fsp3) is 0.636. The Hall–Kier alpha value is -1.17. The molecule has 19 heavy (non-hydrogen) atoms. The van der Waals surface area contributed by atoms with Gasteiger partial charge >= 0.3 is 0 Å². The van der Waals surface area contributed by atoms with Gasteiger partial charge in [0, 0.05) is 24.8 Å². The van der Waals surface area contributed by atoms with Crippen molar-refractivity contribution < 1.29 is 4.79 Å². The van der Waals surface area contributed by atoms with Gasteiger partial charge in [-0.25, -0.2) is 0 Å². The lowest BCUT2D eigenvalue weighted by molar-refractivity contribution is -0.120. The topological polar surface area (TPSA) is 79.5 Å². The third-order valence-electron chi connectivity index (χ3n) is 4.51. The van der Waals surface area contributed by atoms with E-state index in [0.717, 1.165) is 6.42 Å². The molecule has 0 aromatic carbocycles. The minimum Gasteiger partial charge on any atom is -0.413 e. The molecule has 1 aliphatic heterocycles. The molecule has 95 valence electrons. The number of nitrogens with zero attached hydrogens (tertiary/aromatic N) is 1. The van der Waals surface area contributed by atoms with Gasteiger partial charge in [-0.05, 0) is 36.2 Å². The van der Waals surface area contributed by atoms with Crippen molar-refractivity contribution in [2.75, 3.05) is 0 Å². The minimum atomic E-state index is 0.0760. The maximum Gasteiger partial charge on any atom is 0.207 e. The van der Waals surface area contributed by atoms with Gasteiger partial charge in [0.15, 0.2) is 7.31 Å². The third kappa shape index (κ3) is 2.46. The molecule has 2 saturated carbocycles. The molecular weight excluding hydrogens is 237 g/mol. The largest absolute Gasteiger partial charge is 0.413 e. The average Bonchev–Trinajstić information content (AvgIpc) is 2.98. The molecule has 1 heterocycles. The molecule has 2 bridgehead atoms. The van der Waals surface area contributed by atoms with Crippen molar-refractivity contribution in [2.45, 2.75) is 19.3 Å². The third-order valence-corrected chi connectivity index (χ3v) is 4.51. The molecule has 3 radical (unpaired) electrons. The van der Waals surface area contributed by atoms with E-state index in [9.17, 15) is 4.79 Å². The standard InChI is InChI=1S/C11H16B3N4O/c15-13-12-14-18-11(19)3-7-1-6-2-8(7)10-5-17-16-4-9(6)10/h4-8,10,16H,1-3,15H2,(H,18,19). The van der Waals surface area contributed by atoms with Crippen molar-refractivity contribution >= 4 is 33.8 Å². The number of allylic oxidation sites excluding steroid dienone is 1. The van der Waals surface area contributed by atoms with Crippen molar-refractivity contribution in [3.63, 3.8) is 0 Å². The Morgan fingerprint density at radius 3 is 3.32 bits per heavy atom. The van der Waals surface area contributed by atoms with Gasteiger partial charge in [0.05, 0.1) is 7.06 Å². The molecule has 3 rings (SSSR count). The first-order valence-electron chi connectivity index (χ1n) is 6.77. The van der Waals surface area contributed by atoms with E-state index in [-0.39, 0.29) is 5.91 Å². The summed E-state index contributed by atoms with van der Waals surface area (Å²) in [5, 5.41) is 6.88. The number of hydrogen-bond donors (Lipinski definition) is 3. The fourth-order valence-corrected chi connectivity index (χ4v) is 3.76. The lowest BCUT2D eigenvalue weighted by atomic mass is 9.28. The van der Waals surface area contributed by atoms with Gasteiger partial charge in [-0.15, -0.1) is 0 Å². The summed E-state index contributed by atoms with van der Waals surface area (Å²) >= 11 is 0. The van der Waals surface area contributed by atoms with Gasteiger partial charge in [-0.1, -0.05) is 0 Å². The van der Waals surface area contributed by atoms with Crippen LogP contribution in [0.4, 0.5) is 0 Å². The van der Waals surface area contributed by atoms with Crippen molar-refractivity contribution in [1.82, 2.24) is 10.7 Å². The summed E-state index contributed by atoms with van der Waals surface area (Å²) in [4.78, 5) is 11.8. The Balaban J connectivity index is 1.54. The van der Waals surface area contributed by atoms with E-state index in [0.29, 0.717) is 30.1 Å². The van der Waals surface area contributed by atoms with Gasteiger partial charge in [-0.3, -0.25) is 10.2 Å². The average molecular weight is 253 g/mol. The van der Waals surface area contributed by atoms with Crippen LogP contribution in [0.3, 0.4) is 0 Å². The maximum atomic E-state index is 11.8. The van der Waals surface area contributed by atoms with Crippen LogP contribution < -0.4 is 16.3 Å². The molecule has 4 N–H and O–H groups in total. The van der Waals surface area contributed by atoms with E-state index < -0.39 is 0 Å². The highest BCUT2D eigenvalue weighted by Crippen LogP contribution is 2.55. The van der Waals surface area contributed by atoms with E-state index in [4.69, 9.17) is 5.64 Å². The number of carbonyl (C=O) groups is 1. The maximum absolute atomic E-state index is 11.8. The molecule has 8 heteroatoms. The van der Waals surface area contributed by atoms with Crippen LogP contribution in [0.5, 0.6) is 0 Å². The molecule has 2 aliphatic carbocycles. The predicted molar refractivity (Wildman–Crippen MR) is 77.1 cm³/mol. The van der Waals surface area contributed by atoms with Crippen LogP contribution >= 0.6 is 0 Å². The zero-order valence-electron chi connectivity index (χ0n) is 10.8. The van der Waals surface area contributed by atoms with E-state index >= 15 is 0 Å². The summed E-state index contributed by atoms with van der Waals surface area (Å²) in [7, 11) is 4.62. The van der Waals surface area contributed by atoms with Crippen LogP contribution in [0.15, 0.2) is 16.9 Å². The highest BCUT2D eigenvalue weighted by atomic mass is 16.1. The first kappa shape index (κ1) is 12.8. The molecule has 0 spiro atoms. The van der Waals surface area contributed by atoms with E-state index in [1.807, 2.05) is 12.4 Å². The number of amides is 1. The molecule has 0 saturated heterocycles. The molecule has 4 unspecified atom stereocenters. The number of carbonyl (C=O) groups excluding carboxylic acids is 1. The van der Waals surface area contributed by atoms with Crippen LogP contribution in [0, 0.1) is 23.7 Å². The summed E-state index contributed by atoms with van der Waals surface area (Å²) in [6, 6.07) is 0. The number of nitrogens with one attached hydrogen (secondary N) is 2. The molecule has 0 aromatic heterocycles. The van der Waals surface area contributed by atoms with Crippen LogP contribution in [-0.2, 0) is 4.79 Å². The van der Waals surface area contributed by atoms with Crippen LogP contribution in [0.25, 0.3) is 0 Å². The number of hydrogen-bond acceptors (Lipinski definition) is 4. The molecule has 4 atom stereocenters. The van der Waals surface area contributed by atoms with Crippen LogP contribution in [0.1, 0.15) is 19.3 Å². The molecule has 2 fully saturated rings. The minimum absolute atomic E-state index is 0.0760. The smallest absolute Gasteiger partial charge is 0.207 e. The van der Waals surface area contributed by atoms with Crippen molar-refractivity contribution in [2.24, 2.45) is 34.4 Å². The van der Waals surface area contributed by atoms with Gasteiger partial charge < -0.3 is 10.9 Å². The van der Waals surface area contributed by atoms with Crippen molar-refractivity contribution in [3.05, 3.63) is 11.8 Å². The quantitative estimate of drug-likeness (QED) is 0.432. The Bertz CT molecular complexity index is 428. The Kier molecular flexibility index (Phi) is 3.68. The summed E-state index contributed by atoms with van der Waals surface area (Å²) in [6.07, 6.45) is 6.98. The Labute approximate surface area is 115 Å². The highest BCUT2D eigenvalue weighted by molar-refractivity contribution is 7.28. The number of hydrazone groups is 1. The second kappa shape index (κ2) is 5.45. The fourth-order valence-electron chi connectivity index (χ4n) is 3.76. The molecule has 0 aromatic rings. The van der Waals surface area contributed by atoms with Gasteiger partial charge in [-0.2, -0.15) is 5.10 Å². The zero-order valence-corrected chi connectivity index (χ0v) is 10.8. The Morgan fingerprint density at radius 1 is 1.58 bits per heavy atom. The molecular formula is C11H16B3N4O. The normalized spacial score (nSPS) is 34.1. The summed E-state index contributed by atoms with van der Waals surface area (Å²) in [6.45, 7) is 0. The van der Waals surface area contributed by atoms with Gasteiger partial charge in [0.2, 0.25) is 5.91 Å². The monoisotopic (exact) mass is 253 g/mol. The van der Waals surface area contributed by atoms with Crippen molar-refractivity contribution in [3.8, 4) is 0 Å². The first-order valence-corrected chi connectivity index (χ1v) is 6.77. The number of rotatable bonds is 5. The molecule has 1 amide bonds. The van der Waals surface area contributed by atoms with Crippen LogP contribution in [-0.4, -0.2) is 33.8 Å². The van der Waals surface area contributed by atoms with Gasteiger partial charge in [0.25, 0.3) is 0 Å². The first-order chi connectivity index (χ1) is 9.29. The van der Waals surface area contributed by atoms with E-state index in [2.05, 4.69) is 15.8 Å². The van der Waals surface area contributed by atoms with E-state index in [1.165, 1.54) is 19.3 Å². The SMILES string of the molecule is N[B][B][B]NC(=O)CC1CC2CC1C1C=NNC=C21. The van der Waals surface area contributed by atoms with Crippen molar-refractivity contribution in [1.29, 1.82) is 0 Å². The number of nitrogens with two attached hydrogens (primary N) is 1. The second-order valence-corrected chi connectivity index (χ2v) is 5.49. The summed E-state index contributed by atoms with van der Waals surface area (Å²) in [5.41, 5.74) is 9.63. The number of fused-ring (bicyclic) bond motifs is 5. The van der Waals surface area contributed by atoms with E-state index in [1.54, 1.807) is 14.4 Å². The highest BCUT2D eigenvalue weighted by Gasteiger charge is 2.49. The summed E-state index contributed by atoms with van der Waals surface area (Å²) in [5.74, 6) is 2.22. The van der Waals surface area contributed by atoms with Gasteiger partial charge in [0.1, 0.15) is 7.31 Å². The second-order valence-electron chi connectivity index (χ2n) is 5.49. The molecule has 3 aliphatic rings. The predicted octanol–water partition coefficient (Wildman–Crippen LogP) is -1.03. The lowest BCUT2D eigenvalue weighted by Crippen LogP contribution is -2.38. The Morgan fingerprint density at radius 2 is 2.47 bits per heavy atom. The molecule has 5 nitrogen and oxygen atoms in total. The lowest BCUT2D eigenvalue weighted by Gasteiger charge is -2.30. The zero-order chi connectivity index (χ0) is 13.2. The van der Waals surface area contributed by atoms with Crippen LogP contribution in [0.2, 0.25) is 0 Å².